The maximum atomic E-state index is 13.1. The maximum absolute atomic E-state index is 13.1. The zero-order valence-corrected chi connectivity index (χ0v) is 16.0. The van der Waals surface area contributed by atoms with Crippen LogP contribution in [0.15, 0.2) is 54.0 Å². The van der Waals surface area contributed by atoms with Crippen molar-refractivity contribution in [1.29, 1.82) is 0 Å². The molecule has 8 heteroatoms. The van der Waals surface area contributed by atoms with Crippen LogP contribution in [-0.4, -0.2) is 28.5 Å². The molecule has 146 valence electrons. The van der Waals surface area contributed by atoms with E-state index in [-0.39, 0.29) is 18.1 Å². The van der Waals surface area contributed by atoms with Crippen molar-refractivity contribution in [2.75, 3.05) is 18.5 Å². The number of carbonyl (C=O) groups excluding carboxylic acids is 1. The number of aromatic nitrogens is 2. The standard InChI is InChI=1S/C21H16FN3O3S/c22-14-3-1-13(2-4-14)17-11-25-16(12-29-21(25)24-17)10-20(26)23-15-5-6-18-19(9-15)28-8-7-27-18/h1-6,9,11-12H,7-8,10H2,(H,23,26). The molecule has 0 spiro atoms. The number of fused-ring (bicyclic) bond motifs is 2. The van der Waals surface area contributed by atoms with Crippen molar-refractivity contribution in [3.8, 4) is 22.8 Å². The summed E-state index contributed by atoms with van der Waals surface area (Å²) in [6, 6.07) is 11.5. The molecule has 0 saturated carbocycles. The summed E-state index contributed by atoms with van der Waals surface area (Å²) in [5.41, 5.74) is 3.06. The van der Waals surface area contributed by atoms with Crippen molar-refractivity contribution in [2.24, 2.45) is 0 Å². The number of benzene rings is 2. The lowest BCUT2D eigenvalue weighted by Crippen LogP contribution is -2.17. The van der Waals surface area contributed by atoms with Crippen LogP contribution in [0, 0.1) is 5.82 Å². The molecule has 0 radical (unpaired) electrons. The van der Waals surface area contributed by atoms with Gasteiger partial charge in [-0.15, -0.1) is 11.3 Å². The number of hydrogen-bond donors (Lipinski definition) is 1. The van der Waals surface area contributed by atoms with Gasteiger partial charge in [0.25, 0.3) is 0 Å². The van der Waals surface area contributed by atoms with Crippen LogP contribution in [0.25, 0.3) is 16.2 Å². The first-order chi connectivity index (χ1) is 14.2. The van der Waals surface area contributed by atoms with E-state index < -0.39 is 0 Å². The molecule has 0 unspecified atom stereocenters. The first-order valence-corrected chi connectivity index (χ1v) is 9.94. The molecule has 3 heterocycles. The predicted octanol–water partition coefficient (Wildman–Crippen LogP) is 4.15. The molecular weight excluding hydrogens is 393 g/mol. The Kier molecular flexibility index (Phi) is 4.40. The molecule has 0 aliphatic carbocycles. The van der Waals surface area contributed by atoms with Crippen molar-refractivity contribution >= 4 is 27.9 Å². The number of thiazole rings is 1. The minimum Gasteiger partial charge on any atom is -0.486 e. The van der Waals surface area contributed by atoms with Crippen molar-refractivity contribution < 1.29 is 18.7 Å². The number of nitrogens with one attached hydrogen (secondary N) is 1. The van der Waals surface area contributed by atoms with Crippen LogP contribution in [0.1, 0.15) is 5.69 Å². The largest absolute Gasteiger partial charge is 0.486 e. The quantitative estimate of drug-likeness (QED) is 0.550. The van der Waals surface area contributed by atoms with Gasteiger partial charge in [-0.05, 0) is 36.4 Å². The molecule has 1 aliphatic rings. The molecule has 2 aromatic heterocycles. The summed E-state index contributed by atoms with van der Waals surface area (Å²) in [4.78, 5) is 17.9. The van der Waals surface area contributed by atoms with E-state index in [2.05, 4.69) is 10.3 Å². The lowest BCUT2D eigenvalue weighted by atomic mass is 10.2. The van der Waals surface area contributed by atoms with E-state index in [0.717, 1.165) is 21.9 Å². The number of halogens is 1. The third kappa shape index (κ3) is 3.54. The summed E-state index contributed by atoms with van der Waals surface area (Å²) < 4.78 is 26.1. The van der Waals surface area contributed by atoms with Gasteiger partial charge in [-0.2, -0.15) is 0 Å². The van der Waals surface area contributed by atoms with Gasteiger partial charge in [-0.1, -0.05) is 0 Å². The number of anilines is 1. The summed E-state index contributed by atoms with van der Waals surface area (Å²) >= 11 is 1.46. The Morgan fingerprint density at radius 2 is 1.93 bits per heavy atom. The summed E-state index contributed by atoms with van der Waals surface area (Å²) in [5, 5.41) is 4.81. The topological polar surface area (TPSA) is 64.9 Å². The van der Waals surface area contributed by atoms with Crippen molar-refractivity contribution in [3.05, 3.63) is 65.6 Å². The Bertz CT molecular complexity index is 1200. The van der Waals surface area contributed by atoms with Gasteiger partial charge < -0.3 is 14.8 Å². The normalized spacial score (nSPS) is 12.9. The molecule has 29 heavy (non-hydrogen) atoms. The third-order valence-electron chi connectivity index (χ3n) is 4.59. The van der Waals surface area contributed by atoms with Crippen LogP contribution in [0.5, 0.6) is 11.5 Å². The number of amides is 1. The fourth-order valence-electron chi connectivity index (χ4n) is 3.21. The van der Waals surface area contributed by atoms with Crippen LogP contribution in [0.2, 0.25) is 0 Å². The van der Waals surface area contributed by atoms with Crippen LogP contribution in [-0.2, 0) is 11.2 Å². The molecule has 1 amide bonds. The second kappa shape index (κ2) is 7.21. The van der Waals surface area contributed by atoms with Crippen molar-refractivity contribution in [3.63, 3.8) is 0 Å². The fraction of sp³-hybridized carbons (Fsp3) is 0.143. The third-order valence-corrected chi connectivity index (χ3v) is 5.48. The van der Waals surface area contributed by atoms with E-state index in [1.807, 2.05) is 16.0 Å². The highest BCUT2D eigenvalue weighted by Gasteiger charge is 2.15. The molecule has 1 aliphatic heterocycles. The number of hydrogen-bond acceptors (Lipinski definition) is 5. The number of imidazole rings is 1. The van der Waals surface area contributed by atoms with E-state index in [1.54, 1.807) is 30.3 Å². The molecule has 4 aromatic rings. The molecule has 6 nitrogen and oxygen atoms in total. The molecule has 1 N–H and O–H groups in total. The predicted molar refractivity (Wildman–Crippen MR) is 108 cm³/mol. The average molecular weight is 409 g/mol. The minimum atomic E-state index is -0.286. The van der Waals surface area contributed by atoms with E-state index in [9.17, 15) is 9.18 Å². The average Bonchev–Trinajstić information content (AvgIpc) is 3.30. The van der Waals surface area contributed by atoms with Crippen LogP contribution in [0.4, 0.5) is 10.1 Å². The number of carbonyl (C=O) groups is 1. The Balaban J connectivity index is 1.33. The van der Waals surface area contributed by atoms with E-state index >= 15 is 0 Å². The van der Waals surface area contributed by atoms with Gasteiger partial charge in [0, 0.05) is 34.6 Å². The van der Waals surface area contributed by atoms with E-state index in [4.69, 9.17) is 9.47 Å². The van der Waals surface area contributed by atoms with Crippen molar-refractivity contribution in [2.45, 2.75) is 6.42 Å². The molecule has 2 aromatic carbocycles. The zero-order chi connectivity index (χ0) is 19.8. The highest BCUT2D eigenvalue weighted by molar-refractivity contribution is 7.15. The molecule has 0 atom stereocenters. The Morgan fingerprint density at radius 1 is 1.14 bits per heavy atom. The van der Waals surface area contributed by atoms with Gasteiger partial charge in [-0.25, -0.2) is 9.37 Å². The van der Waals surface area contributed by atoms with E-state index in [0.29, 0.717) is 30.4 Å². The fourth-order valence-corrected chi connectivity index (χ4v) is 4.08. The molecule has 5 rings (SSSR count). The van der Waals surface area contributed by atoms with Gasteiger partial charge >= 0.3 is 0 Å². The van der Waals surface area contributed by atoms with Gasteiger partial charge in [0.1, 0.15) is 19.0 Å². The van der Waals surface area contributed by atoms with Crippen molar-refractivity contribution in [1.82, 2.24) is 9.38 Å². The van der Waals surface area contributed by atoms with Gasteiger partial charge in [-0.3, -0.25) is 9.20 Å². The van der Waals surface area contributed by atoms with Crippen LogP contribution >= 0.6 is 11.3 Å². The lowest BCUT2D eigenvalue weighted by Gasteiger charge is -2.19. The van der Waals surface area contributed by atoms with Gasteiger partial charge in [0.2, 0.25) is 5.91 Å². The summed E-state index contributed by atoms with van der Waals surface area (Å²) in [6.07, 6.45) is 2.07. The number of rotatable bonds is 4. The summed E-state index contributed by atoms with van der Waals surface area (Å²) in [6.45, 7) is 1.02. The first kappa shape index (κ1) is 17.7. The zero-order valence-electron chi connectivity index (χ0n) is 15.2. The van der Waals surface area contributed by atoms with Crippen LogP contribution in [0.3, 0.4) is 0 Å². The second-order valence-electron chi connectivity index (χ2n) is 6.60. The Morgan fingerprint density at radius 3 is 2.76 bits per heavy atom. The molecule has 0 bridgehead atoms. The summed E-state index contributed by atoms with van der Waals surface area (Å²) in [5.74, 6) is 0.885. The second-order valence-corrected chi connectivity index (χ2v) is 7.43. The lowest BCUT2D eigenvalue weighted by molar-refractivity contribution is -0.115. The molecule has 0 fully saturated rings. The number of nitrogens with zero attached hydrogens (tertiary/aromatic N) is 2. The SMILES string of the molecule is O=C(Cc1csc2nc(-c3ccc(F)cc3)cn12)Nc1ccc2c(c1)OCCO2. The van der Waals surface area contributed by atoms with Gasteiger partial charge in [0.05, 0.1) is 12.1 Å². The maximum Gasteiger partial charge on any atom is 0.230 e. The first-order valence-electron chi connectivity index (χ1n) is 9.07. The minimum absolute atomic E-state index is 0.140. The smallest absolute Gasteiger partial charge is 0.230 e. The highest BCUT2D eigenvalue weighted by atomic mass is 32.1. The van der Waals surface area contributed by atoms with Gasteiger partial charge in [0.15, 0.2) is 16.5 Å². The number of ether oxygens (including phenoxy) is 2. The highest BCUT2D eigenvalue weighted by Crippen LogP contribution is 2.32. The summed E-state index contributed by atoms with van der Waals surface area (Å²) in [7, 11) is 0. The van der Waals surface area contributed by atoms with E-state index in [1.165, 1.54) is 23.5 Å². The Labute approximate surface area is 169 Å². The molecule has 0 saturated heterocycles. The monoisotopic (exact) mass is 409 g/mol. The van der Waals surface area contributed by atoms with Crippen LogP contribution < -0.4 is 14.8 Å². The Hall–Kier alpha value is -3.39. The molecular formula is C21H16FN3O3S.